The minimum atomic E-state index is -1.29. The molecule has 1 aliphatic rings. The van der Waals surface area contributed by atoms with E-state index in [9.17, 15) is 20.0 Å². The number of anilines is 1. The number of aliphatic hydroxyl groups excluding tert-OH is 1. The number of nitro groups is 1. The van der Waals surface area contributed by atoms with E-state index < -0.39 is 23.0 Å². The molecular formula is C23H18ClN3O4. The lowest BCUT2D eigenvalue weighted by molar-refractivity contribution is -0.384. The molecule has 3 aromatic rings. The Balaban J connectivity index is 1.85. The van der Waals surface area contributed by atoms with E-state index in [4.69, 9.17) is 11.6 Å². The summed E-state index contributed by atoms with van der Waals surface area (Å²) in [5.41, 5.74) is 2.86. The Hall–Kier alpha value is -3.55. The first kappa shape index (κ1) is 20.7. The first-order chi connectivity index (χ1) is 14.9. The molecule has 0 bridgehead atoms. The number of benzene rings is 3. The van der Waals surface area contributed by atoms with E-state index in [0.717, 1.165) is 5.56 Å². The fraction of sp³-hybridized carbons (Fsp3) is 0.130. The summed E-state index contributed by atoms with van der Waals surface area (Å²) in [6.07, 6.45) is -1.29. The van der Waals surface area contributed by atoms with Crippen molar-refractivity contribution in [1.82, 2.24) is 0 Å². The van der Waals surface area contributed by atoms with Gasteiger partial charge >= 0.3 is 0 Å². The van der Waals surface area contributed by atoms with Crippen molar-refractivity contribution in [2.24, 2.45) is 4.99 Å². The van der Waals surface area contributed by atoms with Crippen molar-refractivity contribution in [1.29, 1.82) is 0 Å². The summed E-state index contributed by atoms with van der Waals surface area (Å²) in [6.45, 7) is 0. The summed E-state index contributed by atoms with van der Waals surface area (Å²) in [5, 5.41) is 22.5. The van der Waals surface area contributed by atoms with Crippen LogP contribution in [0.25, 0.3) is 0 Å². The predicted octanol–water partition coefficient (Wildman–Crippen LogP) is 4.16. The van der Waals surface area contributed by atoms with Gasteiger partial charge in [-0.2, -0.15) is 0 Å². The van der Waals surface area contributed by atoms with Crippen LogP contribution in [0, 0.1) is 10.1 Å². The third-order valence-corrected chi connectivity index (χ3v) is 5.45. The van der Waals surface area contributed by atoms with E-state index in [0.29, 0.717) is 27.5 Å². The van der Waals surface area contributed by atoms with E-state index in [1.165, 1.54) is 29.2 Å². The zero-order valence-electron chi connectivity index (χ0n) is 16.5. The number of likely N-dealkylation sites (N-methyl/N-ethyl adjacent to an activating group) is 1. The van der Waals surface area contributed by atoms with E-state index >= 15 is 0 Å². The maximum Gasteiger partial charge on any atom is 0.269 e. The number of aliphatic hydroxyl groups is 1. The van der Waals surface area contributed by atoms with Gasteiger partial charge in [0.1, 0.15) is 6.10 Å². The van der Waals surface area contributed by atoms with Gasteiger partial charge in [0.15, 0.2) is 6.04 Å². The lowest BCUT2D eigenvalue weighted by Crippen LogP contribution is -2.38. The van der Waals surface area contributed by atoms with Gasteiger partial charge in [0, 0.05) is 35.3 Å². The van der Waals surface area contributed by atoms with Crippen molar-refractivity contribution in [3.63, 3.8) is 0 Å². The molecule has 8 heteroatoms. The number of non-ortho nitro benzene ring substituents is 1. The summed E-state index contributed by atoms with van der Waals surface area (Å²) >= 11 is 6.24. The van der Waals surface area contributed by atoms with Crippen LogP contribution in [-0.4, -0.2) is 34.7 Å². The van der Waals surface area contributed by atoms with Crippen LogP contribution in [0.4, 0.5) is 11.4 Å². The number of aliphatic imine (C=N–C) groups is 1. The summed E-state index contributed by atoms with van der Waals surface area (Å²) in [6, 6.07) is 18.8. The molecule has 0 spiro atoms. The predicted molar refractivity (Wildman–Crippen MR) is 119 cm³/mol. The van der Waals surface area contributed by atoms with Crippen LogP contribution in [0.2, 0.25) is 5.02 Å². The number of amides is 1. The molecular weight excluding hydrogens is 418 g/mol. The fourth-order valence-electron chi connectivity index (χ4n) is 3.58. The molecule has 0 fully saturated rings. The molecule has 1 N–H and O–H groups in total. The SMILES string of the molecule is CN1C(=O)[C@@H]([C@H](O)c2ccc([N+](=O)[O-])cc2)N=C(c2ccccc2)c2cc(Cl)ccc21. The average Bonchev–Trinajstić information content (AvgIpc) is 2.89. The van der Waals surface area contributed by atoms with Crippen molar-refractivity contribution in [3.8, 4) is 0 Å². The van der Waals surface area contributed by atoms with Crippen LogP contribution in [0.3, 0.4) is 0 Å². The largest absolute Gasteiger partial charge is 0.386 e. The number of carbonyl (C=O) groups excluding carboxylic acids is 1. The van der Waals surface area contributed by atoms with Gasteiger partial charge in [-0.3, -0.25) is 19.9 Å². The summed E-state index contributed by atoms with van der Waals surface area (Å²) < 4.78 is 0. The highest BCUT2D eigenvalue weighted by Crippen LogP contribution is 2.33. The normalized spacial score (nSPS) is 16.9. The lowest BCUT2D eigenvalue weighted by atomic mass is 9.99. The van der Waals surface area contributed by atoms with Gasteiger partial charge in [0.2, 0.25) is 0 Å². The number of hydrogen-bond donors (Lipinski definition) is 1. The Morgan fingerprint density at radius 1 is 1.10 bits per heavy atom. The molecule has 0 unspecified atom stereocenters. The van der Waals surface area contributed by atoms with Gasteiger partial charge in [-0.25, -0.2) is 0 Å². The highest BCUT2D eigenvalue weighted by molar-refractivity contribution is 6.32. The Morgan fingerprint density at radius 3 is 2.42 bits per heavy atom. The first-order valence-corrected chi connectivity index (χ1v) is 9.88. The summed E-state index contributed by atoms with van der Waals surface area (Å²) in [4.78, 5) is 29.8. The van der Waals surface area contributed by atoms with Gasteiger partial charge in [0.25, 0.3) is 11.6 Å². The van der Waals surface area contributed by atoms with Crippen molar-refractivity contribution < 1.29 is 14.8 Å². The fourth-order valence-corrected chi connectivity index (χ4v) is 3.75. The third-order valence-electron chi connectivity index (χ3n) is 5.22. The van der Waals surface area contributed by atoms with Gasteiger partial charge in [-0.1, -0.05) is 41.9 Å². The topological polar surface area (TPSA) is 96.0 Å². The lowest BCUT2D eigenvalue weighted by Gasteiger charge is -2.23. The zero-order valence-corrected chi connectivity index (χ0v) is 17.2. The number of hydrogen-bond acceptors (Lipinski definition) is 5. The molecule has 1 aliphatic heterocycles. The second-order valence-electron chi connectivity index (χ2n) is 7.14. The average molecular weight is 436 g/mol. The first-order valence-electron chi connectivity index (χ1n) is 9.50. The van der Waals surface area contributed by atoms with Gasteiger partial charge in [-0.15, -0.1) is 0 Å². The second kappa shape index (κ2) is 8.29. The zero-order chi connectivity index (χ0) is 22.1. The monoisotopic (exact) mass is 435 g/mol. The molecule has 4 rings (SSSR count). The van der Waals surface area contributed by atoms with Crippen molar-refractivity contribution in [3.05, 3.63) is 105 Å². The molecule has 0 saturated heterocycles. The van der Waals surface area contributed by atoms with Crippen LogP contribution in [-0.2, 0) is 4.79 Å². The van der Waals surface area contributed by atoms with E-state index in [2.05, 4.69) is 4.99 Å². The van der Waals surface area contributed by atoms with Crippen molar-refractivity contribution in [2.75, 3.05) is 11.9 Å². The highest BCUT2D eigenvalue weighted by Gasteiger charge is 2.35. The molecule has 0 radical (unpaired) electrons. The van der Waals surface area contributed by atoms with Crippen LogP contribution in [0.5, 0.6) is 0 Å². The van der Waals surface area contributed by atoms with Crippen LogP contribution >= 0.6 is 11.6 Å². The van der Waals surface area contributed by atoms with Crippen LogP contribution < -0.4 is 4.90 Å². The Kier molecular flexibility index (Phi) is 5.54. The Bertz CT molecular complexity index is 1180. The molecule has 7 nitrogen and oxygen atoms in total. The number of benzodiazepines with no additional fused rings is 1. The molecule has 31 heavy (non-hydrogen) atoms. The molecule has 3 aromatic carbocycles. The van der Waals surface area contributed by atoms with Crippen molar-refractivity contribution >= 4 is 34.6 Å². The number of carbonyl (C=O) groups is 1. The highest BCUT2D eigenvalue weighted by atomic mass is 35.5. The molecule has 0 aromatic heterocycles. The third kappa shape index (κ3) is 3.93. The van der Waals surface area contributed by atoms with E-state index in [1.807, 2.05) is 30.3 Å². The number of nitrogens with zero attached hydrogens (tertiary/aromatic N) is 3. The standard InChI is InChI=1S/C23H18ClN3O4/c1-26-19-12-9-16(24)13-18(19)20(14-5-3-2-4-6-14)25-21(23(26)29)22(28)15-7-10-17(11-8-15)27(30)31/h2-13,21-22,28H,1H3/t21-,22-/m1/s1. The number of halogens is 1. The maximum absolute atomic E-state index is 13.3. The Morgan fingerprint density at radius 2 is 1.77 bits per heavy atom. The summed E-state index contributed by atoms with van der Waals surface area (Å²) in [5.74, 6) is -0.402. The molecule has 1 amide bonds. The van der Waals surface area contributed by atoms with E-state index in [-0.39, 0.29) is 5.69 Å². The summed E-state index contributed by atoms with van der Waals surface area (Å²) in [7, 11) is 1.62. The maximum atomic E-state index is 13.3. The number of rotatable bonds is 4. The van der Waals surface area contributed by atoms with Gasteiger partial charge in [0.05, 0.1) is 16.3 Å². The molecule has 2 atom stereocenters. The Labute approximate surface area is 183 Å². The number of fused-ring (bicyclic) bond motifs is 1. The molecule has 0 saturated carbocycles. The minimum absolute atomic E-state index is 0.101. The van der Waals surface area contributed by atoms with E-state index in [1.54, 1.807) is 25.2 Å². The molecule has 0 aliphatic carbocycles. The van der Waals surface area contributed by atoms with Gasteiger partial charge in [-0.05, 0) is 35.9 Å². The molecule has 1 heterocycles. The second-order valence-corrected chi connectivity index (χ2v) is 7.58. The minimum Gasteiger partial charge on any atom is -0.386 e. The number of nitro benzene ring substituents is 1. The quantitative estimate of drug-likeness (QED) is 0.491. The van der Waals surface area contributed by atoms with Gasteiger partial charge < -0.3 is 10.0 Å². The van der Waals surface area contributed by atoms with Crippen LogP contribution in [0.1, 0.15) is 22.8 Å². The smallest absolute Gasteiger partial charge is 0.269 e. The molecule has 156 valence electrons. The van der Waals surface area contributed by atoms with Crippen molar-refractivity contribution in [2.45, 2.75) is 12.1 Å². The van der Waals surface area contributed by atoms with Crippen LogP contribution in [0.15, 0.2) is 77.8 Å².